The molecule has 100 valence electrons. The SMILES string of the molecule is CCCn1cc(-c2nc3c(c(NC)n2)CCC3)cn1. The molecule has 0 aliphatic heterocycles. The molecule has 0 radical (unpaired) electrons. The van der Waals surface area contributed by atoms with Gasteiger partial charge in [-0.3, -0.25) is 4.68 Å². The van der Waals surface area contributed by atoms with Gasteiger partial charge in [-0.15, -0.1) is 0 Å². The van der Waals surface area contributed by atoms with Crippen LogP contribution >= 0.6 is 0 Å². The van der Waals surface area contributed by atoms with Gasteiger partial charge in [-0.25, -0.2) is 9.97 Å². The third kappa shape index (κ3) is 2.20. The molecular weight excluding hydrogens is 238 g/mol. The van der Waals surface area contributed by atoms with Crippen LogP contribution in [0, 0.1) is 0 Å². The Morgan fingerprint density at radius 2 is 2.21 bits per heavy atom. The Kier molecular flexibility index (Phi) is 3.19. The summed E-state index contributed by atoms with van der Waals surface area (Å²) in [7, 11) is 1.92. The van der Waals surface area contributed by atoms with Gasteiger partial charge in [-0.2, -0.15) is 5.10 Å². The largest absolute Gasteiger partial charge is 0.373 e. The summed E-state index contributed by atoms with van der Waals surface area (Å²) in [6.07, 6.45) is 8.28. The van der Waals surface area contributed by atoms with Crippen molar-refractivity contribution in [1.29, 1.82) is 0 Å². The Morgan fingerprint density at radius 3 is 3.00 bits per heavy atom. The average Bonchev–Trinajstić information content (AvgIpc) is 3.06. The van der Waals surface area contributed by atoms with Crippen LogP contribution in [0.15, 0.2) is 12.4 Å². The van der Waals surface area contributed by atoms with E-state index >= 15 is 0 Å². The van der Waals surface area contributed by atoms with Crippen molar-refractivity contribution in [2.75, 3.05) is 12.4 Å². The standard InChI is InChI=1S/C14H19N5/c1-3-7-19-9-10(8-16-19)13-17-12-6-4-5-11(12)14(15-2)18-13/h8-9H,3-7H2,1-2H3,(H,15,17,18). The molecule has 1 N–H and O–H groups in total. The van der Waals surface area contributed by atoms with Crippen molar-refractivity contribution in [3.05, 3.63) is 23.7 Å². The van der Waals surface area contributed by atoms with E-state index in [0.717, 1.165) is 43.0 Å². The monoisotopic (exact) mass is 257 g/mol. The van der Waals surface area contributed by atoms with Gasteiger partial charge in [-0.1, -0.05) is 6.92 Å². The number of anilines is 1. The smallest absolute Gasteiger partial charge is 0.164 e. The van der Waals surface area contributed by atoms with Gasteiger partial charge < -0.3 is 5.32 Å². The molecule has 0 saturated heterocycles. The summed E-state index contributed by atoms with van der Waals surface area (Å²) < 4.78 is 1.95. The second-order valence-electron chi connectivity index (χ2n) is 4.92. The predicted octanol–water partition coefficient (Wildman–Crippen LogP) is 2.28. The summed E-state index contributed by atoms with van der Waals surface area (Å²) in [4.78, 5) is 9.33. The average molecular weight is 257 g/mol. The third-order valence-corrected chi connectivity index (χ3v) is 3.51. The molecule has 2 aromatic rings. The summed E-state index contributed by atoms with van der Waals surface area (Å²) in [6.45, 7) is 3.08. The Hall–Kier alpha value is -1.91. The summed E-state index contributed by atoms with van der Waals surface area (Å²) in [5.41, 5.74) is 3.48. The molecule has 19 heavy (non-hydrogen) atoms. The number of nitrogens with zero attached hydrogens (tertiary/aromatic N) is 4. The highest BCUT2D eigenvalue weighted by molar-refractivity contribution is 5.59. The molecular formula is C14H19N5. The molecule has 0 saturated carbocycles. The van der Waals surface area contributed by atoms with E-state index in [-0.39, 0.29) is 0 Å². The van der Waals surface area contributed by atoms with E-state index in [1.54, 1.807) is 0 Å². The van der Waals surface area contributed by atoms with Crippen molar-refractivity contribution in [3.8, 4) is 11.4 Å². The topological polar surface area (TPSA) is 55.6 Å². The zero-order chi connectivity index (χ0) is 13.2. The lowest BCUT2D eigenvalue weighted by molar-refractivity contribution is 0.603. The molecule has 2 heterocycles. The molecule has 2 aromatic heterocycles. The molecule has 0 fully saturated rings. The zero-order valence-electron chi connectivity index (χ0n) is 11.5. The molecule has 0 spiro atoms. The molecule has 0 atom stereocenters. The van der Waals surface area contributed by atoms with Gasteiger partial charge >= 0.3 is 0 Å². The highest BCUT2D eigenvalue weighted by Crippen LogP contribution is 2.28. The number of aromatic nitrogens is 4. The van der Waals surface area contributed by atoms with Gasteiger partial charge in [0.1, 0.15) is 5.82 Å². The number of rotatable bonds is 4. The molecule has 5 heteroatoms. The lowest BCUT2D eigenvalue weighted by atomic mass is 10.2. The number of fused-ring (bicyclic) bond motifs is 1. The van der Waals surface area contributed by atoms with Gasteiger partial charge in [0.25, 0.3) is 0 Å². The van der Waals surface area contributed by atoms with Crippen LogP contribution in [0.5, 0.6) is 0 Å². The van der Waals surface area contributed by atoms with Crippen LogP contribution in [0.3, 0.4) is 0 Å². The molecule has 1 aliphatic rings. The first-order chi connectivity index (χ1) is 9.31. The van der Waals surface area contributed by atoms with Crippen molar-refractivity contribution in [1.82, 2.24) is 19.7 Å². The Balaban J connectivity index is 2.00. The van der Waals surface area contributed by atoms with Gasteiger partial charge in [0, 0.05) is 31.0 Å². The van der Waals surface area contributed by atoms with Crippen LogP contribution in [0.1, 0.15) is 31.0 Å². The summed E-state index contributed by atoms with van der Waals surface area (Å²) in [5.74, 6) is 1.76. The van der Waals surface area contributed by atoms with Gasteiger partial charge in [0.05, 0.1) is 11.8 Å². The highest BCUT2D eigenvalue weighted by Gasteiger charge is 2.19. The van der Waals surface area contributed by atoms with Crippen LogP contribution in [0.4, 0.5) is 5.82 Å². The molecule has 0 aromatic carbocycles. The molecule has 0 bridgehead atoms. The molecule has 5 nitrogen and oxygen atoms in total. The van der Waals surface area contributed by atoms with Crippen LogP contribution < -0.4 is 5.32 Å². The first-order valence-electron chi connectivity index (χ1n) is 6.92. The lowest BCUT2D eigenvalue weighted by Gasteiger charge is -2.08. The Labute approximate surface area is 113 Å². The minimum atomic E-state index is 0.785. The van der Waals surface area contributed by atoms with Gasteiger partial charge in [0.2, 0.25) is 0 Å². The van der Waals surface area contributed by atoms with E-state index in [2.05, 4.69) is 22.3 Å². The lowest BCUT2D eigenvalue weighted by Crippen LogP contribution is -2.03. The quantitative estimate of drug-likeness (QED) is 0.913. The minimum absolute atomic E-state index is 0.785. The van der Waals surface area contributed by atoms with Gasteiger partial charge in [-0.05, 0) is 25.7 Å². The number of nitrogens with one attached hydrogen (secondary N) is 1. The second kappa shape index (κ2) is 4.99. The first-order valence-corrected chi connectivity index (χ1v) is 6.92. The summed E-state index contributed by atoms with van der Waals surface area (Å²) in [5, 5.41) is 7.54. The molecule has 1 aliphatic carbocycles. The van der Waals surface area contributed by atoms with Crippen LogP contribution in [0.2, 0.25) is 0 Å². The summed E-state index contributed by atoms with van der Waals surface area (Å²) in [6, 6.07) is 0. The Morgan fingerprint density at radius 1 is 1.32 bits per heavy atom. The maximum absolute atomic E-state index is 4.70. The molecule has 0 unspecified atom stereocenters. The van der Waals surface area contributed by atoms with Crippen molar-refractivity contribution < 1.29 is 0 Å². The van der Waals surface area contributed by atoms with Crippen LogP contribution in [0.25, 0.3) is 11.4 Å². The zero-order valence-corrected chi connectivity index (χ0v) is 11.5. The van der Waals surface area contributed by atoms with Crippen molar-refractivity contribution >= 4 is 5.82 Å². The second-order valence-corrected chi connectivity index (χ2v) is 4.92. The van der Waals surface area contributed by atoms with Crippen molar-refractivity contribution in [3.63, 3.8) is 0 Å². The maximum Gasteiger partial charge on any atom is 0.164 e. The number of hydrogen-bond donors (Lipinski definition) is 1. The fourth-order valence-electron chi connectivity index (χ4n) is 2.60. The normalized spacial score (nSPS) is 13.6. The van der Waals surface area contributed by atoms with E-state index in [1.165, 1.54) is 17.7 Å². The fraction of sp³-hybridized carbons (Fsp3) is 0.500. The van der Waals surface area contributed by atoms with E-state index in [1.807, 2.05) is 24.1 Å². The van der Waals surface area contributed by atoms with Crippen molar-refractivity contribution in [2.45, 2.75) is 39.2 Å². The van der Waals surface area contributed by atoms with E-state index < -0.39 is 0 Å². The first kappa shape index (κ1) is 12.1. The van der Waals surface area contributed by atoms with Gasteiger partial charge in [0.15, 0.2) is 5.82 Å². The highest BCUT2D eigenvalue weighted by atomic mass is 15.3. The fourth-order valence-corrected chi connectivity index (χ4v) is 2.60. The van der Waals surface area contributed by atoms with Crippen molar-refractivity contribution in [2.24, 2.45) is 0 Å². The van der Waals surface area contributed by atoms with E-state index in [0.29, 0.717) is 0 Å². The minimum Gasteiger partial charge on any atom is -0.373 e. The molecule has 3 rings (SSSR count). The third-order valence-electron chi connectivity index (χ3n) is 3.51. The molecule has 0 amide bonds. The summed E-state index contributed by atoms with van der Waals surface area (Å²) >= 11 is 0. The predicted molar refractivity (Wildman–Crippen MR) is 75.1 cm³/mol. The maximum atomic E-state index is 4.70. The van der Waals surface area contributed by atoms with E-state index in [4.69, 9.17) is 4.98 Å². The number of hydrogen-bond acceptors (Lipinski definition) is 4. The van der Waals surface area contributed by atoms with Crippen LogP contribution in [-0.4, -0.2) is 26.8 Å². The van der Waals surface area contributed by atoms with Crippen LogP contribution in [-0.2, 0) is 19.4 Å². The number of aryl methyl sites for hydroxylation is 2. The Bertz CT molecular complexity index is 588. The van der Waals surface area contributed by atoms with E-state index in [9.17, 15) is 0 Å².